The highest BCUT2D eigenvalue weighted by Crippen LogP contribution is 2.36. The van der Waals surface area contributed by atoms with Crippen molar-refractivity contribution in [1.29, 1.82) is 0 Å². The van der Waals surface area contributed by atoms with Crippen LogP contribution in [0, 0.1) is 11.8 Å². The number of likely N-dealkylation sites (tertiary alicyclic amines) is 1. The molecule has 1 saturated heterocycles. The summed E-state index contributed by atoms with van der Waals surface area (Å²) in [5.74, 6) is 1.19. The van der Waals surface area contributed by atoms with Crippen LogP contribution < -0.4 is 4.72 Å². The monoisotopic (exact) mass is 340 g/mol. The van der Waals surface area contributed by atoms with E-state index in [1.165, 1.54) is 38.2 Å². The summed E-state index contributed by atoms with van der Waals surface area (Å²) in [7, 11) is -2.02. The molecular weight excluding hydrogens is 316 g/mol. The first-order valence-electron chi connectivity index (χ1n) is 8.21. The molecule has 0 spiro atoms. The number of hydrogen-bond donors (Lipinski definition) is 1. The molecule has 1 aromatic rings. The largest absolute Gasteiger partial charge is 0.341 e. The number of rotatable bonds is 5. The topological polar surface area (TPSA) is 84.3 Å². The first-order chi connectivity index (χ1) is 11.0. The van der Waals surface area contributed by atoms with Gasteiger partial charge in [0.15, 0.2) is 5.03 Å². The molecule has 0 radical (unpaired) electrons. The number of imidazole rings is 1. The summed E-state index contributed by atoms with van der Waals surface area (Å²) in [6.07, 6.45) is 9.04. The number of carbonyl (C=O) groups excluding carboxylic acids is 1. The van der Waals surface area contributed by atoms with E-state index in [1.54, 1.807) is 16.5 Å². The van der Waals surface area contributed by atoms with Crippen molar-refractivity contribution in [2.24, 2.45) is 18.9 Å². The van der Waals surface area contributed by atoms with E-state index in [0.717, 1.165) is 25.4 Å². The van der Waals surface area contributed by atoms with E-state index in [9.17, 15) is 13.2 Å². The summed E-state index contributed by atoms with van der Waals surface area (Å²) < 4.78 is 28.1. The second-order valence-electron chi connectivity index (χ2n) is 6.63. The fourth-order valence-electron chi connectivity index (χ4n) is 3.70. The molecule has 1 aromatic heterocycles. The van der Waals surface area contributed by atoms with Crippen molar-refractivity contribution in [3.8, 4) is 0 Å². The highest BCUT2D eigenvalue weighted by atomic mass is 32.2. The van der Waals surface area contributed by atoms with Gasteiger partial charge in [-0.3, -0.25) is 4.79 Å². The number of amides is 1. The molecule has 128 valence electrons. The van der Waals surface area contributed by atoms with E-state index >= 15 is 0 Å². The number of hydrogen-bond acceptors (Lipinski definition) is 4. The van der Waals surface area contributed by atoms with Crippen LogP contribution in [0.5, 0.6) is 0 Å². The van der Waals surface area contributed by atoms with Gasteiger partial charge < -0.3 is 9.47 Å². The van der Waals surface area contributed by atoms with Gasteiger partial charge in [0.2, 0.25) is 5.91 Å². The quantitative estimate of drug-likeness (QED) is 0.857. The van der Waals surface area contributed by atoms with Crippen molar-refractivity contribution < 1.29 is 13.2 Å². The second-order valence-corrected chi connectivity index (χ2v) is 8.35. The van der Waals surface area contributed by atoms with E-state index < -0.39 is 10.0 Å². The Kier molecular flexibility index (Phi) is 4.72. The normalized spacial score (nSPS) is 22.8. The summed E-state index contributed by atoms with van der Waals surface area (Å²) in [4.78, 5) is 17.9. The average Bonchev–Trinajstić information content (AvgIpc) is 3.24. The molecule has 1 saturated carbocycles. The maximum atomic E-state index is 12.3. The predicted molar refractivity (Wildman–Crippen MR) is 85.0 cm³/mol. The third-order valence-corrected chi connectivity index (χ3v) is 6.30. The molecule has 2 fully saturated rings. The lowest BCUT2D eigenvalue weighted by Gasteiger charge is -2.20. The van der Waals surface area contributed by atoms with Gasteiger partial charge in [-0.25, -0.2) is 18.1 Å². The predicted octanol–water partition coefficient (Wildman–Crippen LogP) is 0.737. The Balaban J connectivity index is 1.51. The molecule has 8 heteroatoms. The second kappa shape index (κ2) is 6.60. The van der Waals surface area contributed by atoms with Gasteiger partial charge in [-0.2, -0.15) is 0 Å². The Morgan fingerprint density at radius 1 is 1.30 bits per heavy atom. The smallest absolute Gasteiger partial charge is 0.260 e. The van der Waals surface area contributed by atoms with Crippen molar-refractivity contribution in [1.82, 2.24) is 19.2 Å². The molecule has 3 rings (SSSR count). The molecule has 23 heavy (non-hydrogen) atoms. The summed E-state index contributed by atoms with van der Waals surface area (Å²) in [6, 6.07) is 0. The van der Waals surface area contributed by atoms with Crippen molar-refractivity contribution in [3.05, 3.63) is 12.5 Å². The Morgan fingerprint density at radius 3 is 2.70 bits per heavy atom. The van der Waals surface area contributed by atoms with Crippen LogP contribution in [-0.4, -0.2) is 48.4 Å². The van der Waals surface area contributed by atoms with Crippen LogP contribution in [0.3, 0.4) is 0 Å². The Morgan fingerprint density at radius 2 is 2.04 bits per heavy atom. The molecule has 2 aliphatic rings. The number of sulfonamides is 1. The number of aryl methyl sites for hydroxylation is 1. The maximum Gasteiger partial charge on any atom is 0.260 e. The minimum atomic E-state index is -3.72. The minimum absolute atomic E-state index is 0.0574. The van der Waals surface area contributed by atoms with E-state index in [1.807, 2.05) is 0 Å². The zero-order valence-corrected chi connectivity index (χ0v) is 14.3. The highest BCUT2D eigenvalue weighted by molar-refractivity contribution is 7.89. The van der Waals surface area contributed by atoms with Gasteiger partial charge in [0, 0.05) is 26.3 Å². The van der Waals surface area contributed by atoms with Crippen LogP contribution >= 0.6 is 0 Å². The molecule has 1 unspecified atom stereocenters. The number of nitrogens with one attached hydrogen (secondary N) is 1. The SMILES string of the molecule is Cn1cnc(S(=O)(=O)NCC(=O)N2CCC(C3CCCC3)C2)c1. The zero-order chi connectivity index (χ0) is 16.4. The first kappa shape index (κ1) is 16.4. The van der Waals surface area contributed by atoms with Crippen LogP contribution in [0.25, 0.3) is 0 Å². The number of nitrogens with zero attached hydrogens (tertiary/aromatic N) is 3. The number of carbonyl (C=O) groups is 1. The summed E-state index contributed by atoms with van der Waals surface area (Å²) in [5, 5.41) is -0.0574. The summed E-state index contributed by atoms with van der Waals surface area (Å²) in [6.45, 7) is 1.32. The lowest BCUT2D eigenvalue weighted by molar-refractivity contribution is -0.129. The van der Waals surface area contributed by atoms with Gasteiger partial charge >= 0.3 is 0 Å². The minimum Gasteiger partial charge on any atom is -0.341 e. The fraction of sp³-hybridized carbons (Fsp3) is 0.733. The van der Waals surface area contributed by atoms with Crippen LogP contribution in [0.2, 0.25) is 0 Å². The molecule has 1 aliphatic carbocycles. The lowest BCUT2D eigenvalue weighted by atomic mass is 9.90. The standard InChI is InChI=1S/C15H24N4O3S/c1-18-10-14(16-11-18)23(21,22)17-8-15(20)19-7-6-13(9-19)12-4-2-3-5-12/h10-13,17H,2-9H2,1H3. The van der Waals surface area contributed by atoms with Gasteiger partial charge in [0.1, 0.15) is 0 Å². The zero-order valence-electron chi connectivity index (χ0n) is 13.4. The van der Waals surface area contributed by atoms with Crippen LogP contribution in [-0.2, 0) is 21.9 Å². The van der Waals surface area contributed by atoms with E-state index in [2.05, 4.69) is 9.71 Å². The molecule has 7 nitrogen and oxygen atoms in total. The van der Waals surface area contributed by atoms with Crippen LogP contribution in [0.1, 0.15) is 32.1 Å². The Labute approximate surface area is 137 Å². The molecule has 1 N–H and O–H groups in total. The van der Waals surface area contributed by atoms with Gasteiger partial charge in [0.05, 0.1) is 12.9 Å². The lowest BCUT2D eigenvalue weighted by Crippen LogP contribution is -2.39. The van der Waals surface area contributed by atoms with Crippen molar-refractivity contribution >= 4 is 15.9 Å². The molecule has 1 amide bonds. The van der Waals surface area contributed by atoms with Crippen LogP contribution in [0.15, 0.2) is 17.6 Å². The van der Waals surface area contributed by atoms with Crippen LogP contribution in [0.4, 0.5) is 0 Å². The number of aromatic nitrogens is 2. The van der Waals surface area contributed by atoms with E-state index in [-0.39, 0.29) is 17.5 Å². The molecule has 0 aromatic carbocycles. The third-order valence-electron chi connectivity index (χ3n) is 5.01. The summed E-state index contributed by atoms with van der Waals surface area (Å²) in [5.41, 5.74) is 0. The van der Waals surface area contributed by atoms with E-state index in [0.29, 0.717) is 5.92 Å². The van der Waals surface area contributed by atoms with Gasteiger partial charge in [-0.05, 0) is 18.3 Å². The van der Waals surface area contributed by atoms with Crippen molar-refractivity contribution in [2.75, 3.05) is 19.6 Å². The molecule has 1 atom stereocenters. The van der Waals surface area contributed by atoms with Crippen molar-refractivity contribution in [3.63, 3.8) is 0 Å². The molecular formula is C15H24N4O3S. The third kappa shape index (κ3) is 3.74. The molecule has 1 aliphatic heterocycles. The maximum absolute atomic E-state index is 12.3. The van der Waals surface area contributed by atoms with Gasteiger partial charge in [0.25, 0.3) is 10.0 Å². The van der Waals surface area contributed by atoms with E-state index in [4.69, 9.17) is 0 Å². The Hall–Kier alpha value is -1.41. The average molecular weight is 340 g/mol. The molecule has 0 bridgehead atoms. The Bertz CT molecular complexity index is 664. The van der Waals surface area contributed by atoms with Gasteiger partial charge in [-0.1, -0.05) is 25.7 Å². The highest BCUT2D eigenvalue weighted by Gasteiger charge is 2.33. The fourth-order valence-corrected chi connectivity index (χ4v) is 4.65. The van der Waals surface area contributed by atoms with Crippen molar-refractivity contribution in [2.45, 2.75) is 37.1 Å². The summed E-state index contributed by atoms with van der Waals surface area (Å²) >= 11 is 0. The molecule has 2 heterocycles. The first-order valence-corrected chi connectivity index (χ1v) is 9.69. The van der Waals surface area contributed by atoms with Gasteiger partial charge in [-0.15, -0.1) is 0 Å².